The third-order valence-corrected chi connectivity index (χ3v) is 3.73. The van der Waals surface area contributed by atoms with Crippen molar-refractivity contribution in [2.45, 2.75) is 58.0 Å². The molecule has 1 rings (SSSR count). The Labute approximate surface area is 98.2 Å². The summed E-state index contributed by atoms with van der Waals surface area (Å²) in [6.07, 6.45) is 6.72. The average molecular weight is 228 g/mol. The second-order valence-corrected chi connectivity index (χ2v) is 4.84. The van der Waals surface area contributed by atoms with E-state index < -0.39 is 0 Å². The Balaban J connectivity index is 2.39. The number of methoxy groups -OCH3 is 1. The van der Waals surface area contributed by atoms with E-state index >= 15 is 0 Å². The van der Waals surface area contributed by atoms with E-state index in [-0.39, 0.29) is 12.1 Å². The van der Waals surface area contributed by atoms with Gasteiger partial charge in [-0.15, -0.1) is 0 Å². The highest BCUT2D eigenvalue weighted by Crippen LogP contribution is 2.37. The van der Waals surface area contributed by atoms with Crippen molar-refractivity contribution in [2.24, 2.45) is 11.8 Å². The Morgan fingerprint density at radius 2 is 2.12 bits per heavy atom. The molecule has 0 saturated heterocycles. The molecule has 0 aromatic heterocycles. The first-order chi connectivity index (χ1) is 7.69. The van der Waals surface area contributed by atoms with Crippen molar-refractivity contribution >= 4 is 5.97 Å². The highest BCUT2D eigenvalue weighted by Gasteiger charge is 2.35. The highest BCUT2D eigenvalue weighted by atomic mass is 16.5. The molecule has 0 amide bonds. The minimum absolute atomic E-state index is 0.139. The maximum Gasteiger partial charge on any atom is 0.305 e. The predicted molar refractivity (Wildman–Crippen MR) is 63.0 cm³/mol. The summed E-state index contributed by atoms with van der Waals surface area (Å²) < 4.78 is 4.70. The standard InChI is InChI=1S/C13H24O3/c1-3-4-5-6-11-10(7-8-12(11)14)9-13(15)16-2/h10-12,14H,3-9H2,1-2H3/t10-,11+,12?/m1/s1. The SMILES string of the molecule is CCCCC[C@@H]1C(O)CC[C@@H]1CC(=O)OC. The number of hydrogen-bond acceptors (Lipinski definition) is 3. The average Bonchev–Trinajstić information content (AvgIpc) is 2.61. The minimum Gasteiger partial charge on any atom is -0.469 e. The topological polar surface area (TPSA) is 46.5 Å². The van der Waals surface area contributed by atoms with Gasteiger partial charge in [-0.05, 0) is 31.1 Å². The van der Waals surface area contributed by atoms with Crippen LogP contribution in [0.1, 0.15) is 51.9 Å². The number of carbonyl (C=O) groups is 1. The molecule has 1 aliphatic carbocycles. The summed E-state index contributed by atoms with van der Waals surface area (Å²) in [7, 11) is 1.43. The number of hydrogen-bond donors (Lipinski definition) is 1. The molecule has 3 atom stereocenters. The van der Waals surface area contributed by atoms with Crippen molar-refractivity contribution in [1.82, 2.24) is 0 Å². The van der Waals surface area contributed by atoms with Crippen LogP contribution in [0.4, 0.5) is 0 Å². The van der Waals surface area contributed by atoms with E-state index in [0.717, 1.165) is 25.7 Å². The van der Waals surface area contributed by atoms with E-state index in [1.54, 1.807) is 0 Å². The molecule has 94 valence electrons. The number of esters is 1. The molecule has 3 nitrogen and oxygen atoms in total. The lowest BCUT2D eigenvalue weighted by Crippen LogP contribution is -2.21. The Hall–Kier alpha value is -0.570. The monoisotopic (exact) mass is 228 g/mol. The first kappa shape index (κ1) is 13.5. The van der Waals surface area contributed by atoms with Gasteiger partial charge in [0, 0.05) is 6.42 Å². The number of aliphatic hydroxyl groups is 1. The summed E-state index contributed by atoms with van der Waals surface area (Å²) in [6, 6.07) is 0. The Bertz CT molecular complexity index is 215. The van der Waals surface area contributed by atoms with Crippen LogP contribution in [0.25, 0.3) is 0 Å². The van der Waals surface area contributed by atoms with Crippen LogP contribution in [0.3, 0.4) is 0 Å². The molecule has 1 saturated carbocycles. The lowest BCUT2D eigenvalue weighted by molar-refractivity contribution is -0.142. The largest absolute Gasteiger partial charge is 0.469 e. The van der Waals surface area contributed by atoms with Crippen molar-refractivity contribution < 1.29 is 14.6 Å². The van der Waals surface area contributed by atoms with Gasteiger partial charge in [0.1, 0.15) is 0 Å². The van der Waals surface area contributed by atoms with Crippen LogP contribution in [0.5, 0.6) is 0 Å². The number of ether oxygens (including phenoxy) is 1. The minimum atomic E-state index is -0.202. The predicted octanol–water partition coefficient (Wildman–Crippen LogP) is 2.52. The molecule has 0 aromatic rings. The van der Waals surface area contributed by atoms with Gasteiger partial charge in [0.15, 0.2) is 0 Å². The normalized spacial score (nSPS) is 29.3. The van der Waals surface area contributed by atoms with Crippen molar-refractivity contribution in [3.63, 3.8) is 0 Å². The Kier molecular flexibility index (Phi) is 5.81. The summed E-state index contributed by atoms with van der Waals surface area (Å²) in [6.45, 7) is 2.18. The first-order valence-electron chi connectivity index (χ1n) is 6.44. The number of unbranched alkanes of at least 4 members (excludes halogenated alkanes) is 2. The van der Waals surface area contributed by atoms with Gasteiger partial charge < -0.3 is 9.84 Å². The highest BCUT2D eigenvalue weighted by molar-refractivity contribution is 5.69. The summed E-state index contributed by atoms with van der Waals surface area (Å²) in [5.41, 5.74) is 0. The molecule has 0 heterocycles. The van der Waals surface area contributed by atoms with Gasteiger partial charge in [-0.25, -0.2) is 0 Å². The van der Waals surface area contributed by atoms with E-state index in [0.29, 0.717) is 18.3 Å². The molecule has 0 bridgehead atoms. The third-order valence-electron chi connectivity index (χ3n) is 3.73. The van der Waals surface area contributed by atoms with Gasteiger partial charge in [0.05, 0.1) is 13.2 Å². The Morgan fingerprint density at radius 3 is 2.75 bits per heavy atom. The van der Waals surface area contributed by atoms with Crippen LogP contribution < -0.4 is 0 Å². The maximum atomic E-state index is 11.2. The van der Waals surface area contributed by atoms with Gasteiger partial charge in [0.2, 0.25) is 0 Å². The van der Waals surface area contributed by atoms with Crippen LogP contribution in [0.2, 0.25) is 0 Å². The Morgan fingerprint density at radius 1 is 1.38 bits per heavy atom. The van der Waals surface area contributed by atoms with E-state index in [1.807, 2.05) is 0 Å². The third kappa shape index (κ3) is 3.78. The van der Waals surface area contributed by atoms with Crippen molar-refractivity contribution in [3.8, 4) is 0 Å². The van der Waals surface area contributed by atoms with Crippen molar-refractivity contribution in [3.05, 3.63) is 0 Å². The number of aliphatic hydroxyl groups excluding tert-OH is 1. The van der Waals surface area contributed by atoms with Crippen LogP contribution in [0.15, 0.2) is 0 Å². The van der Waals surface area contributed by atoms with Crippen LogP contribution in [-0.4, -0.2) is 24.3 Å². The molecule has 0 spiro atoms. The zero-order chi connectivity index (χ0) is 12.0. The fraction of sp³-hybridized carbons (Fsp3) is 0.923. The van der Waals surface area contributed by atoms with E-state index in [4.69, 9.17) is 4.74 Å². The van der Waals surface area contributed by atoms with Gasteiger partial charge in [-0.2, -0.15) is 0 Å². The molecule has 0 radical (unpaired) electrons. The number of rotatable bonds is 6. The first-order valence-corrected chi connectivity index (χ1v) is 6.44. The van der Waals surface area contributed by atoms with Gasteiger partial charge in [-0.3, -0.25) is 4.79 Å². The van der Waals surface area contributed by atoms with Gasteiger partial charge >= 0.3 is 5.97 Å². The summed E-state index contributed by atoms with van der Waals surface area (Å²) in [5.74, 6) is 0.504. The number of carbonyl (C=O) groups excluding carboxylic acids is 1. The second kappa shape index (κ2) is 6.89. The molecule has 1 N–H and O–H groups in total. The molecular weight excluding hydrogens is 204 g/mol. The molecular formula is C13H24O3. The van der Waals surface area contributed by atoms with Gasteiger partial charge in [0.25, 0.3) is 0 Å². The van der Waals surface area contributed by atoms with E-state index in [2.05, 4.69) is 6.92 Å². The van der Waals surface area contributed by atoms with Crippen LogP contribution in [0, 0.1) is 11.8 Å². The van der Waals surface area contributed by atoms with Crippen molar-refractivity contribution in [2.75, 3.05) is 7.11 Å². The fourth-order valence-electron chi connectivity index (χ4n) is 2.74. The lowest BCUT2D eigenvalue weighted by atomic mass is 9.87. The smallest absolute Gasteiger partial charge is 0.305 e. The summed E-state index contributed by atoms with van der Waals surface area (Å²) in [4.78, 5) is 11.2. The molecule has 1 aliphatic rings. The molecule has 1 unspecified atom stereocenters. The lowest BCUT2D eigenvalue weighted by Gasteiger charge is -2.21. The molecule has 0 aliphatic heterocycles. The summed E-state index contributed by atoms with van der Waals surface area (Å²) in [5, 5.41) is 9.89. The van der Waals surface area contributed by atoms with E-state index in [9.17, 15) is 9.90 Å². The summed E-state index contributed by atoms with van der Waals surface area (Å²) >= 11 is 0. The van der Waals surface area contributed by atoms with Crippen LogP contribution >= 0.6 is 0 Å². The maximum absolute atomic E-state index is 11.2. The molecule has 16 heavy (non-hydrogen) atoms. The van der Waals surface area contributed by atoms with Crippen LogP contribution in [-0.2, 0) is 9.53 Å². The zero-order valence-electron chi connectivity index (χ0n) is 10.4. The van der Waals surface area contributed by atoms with E-state index in [1.165, 1.54) is 20.0 Å². The zero-order valence-corrected chi connectivity index (χ0v) is 10.4. The molecule has 1 fully saturated rings. The quantitative estimate of drug-likeness (QED) is 0.561. The molecule has 3 heteroatoms. The second-order valence-electron chi connectivity index (χ2n) is 4.84. The molecule has 0 aromatic carbocycles. The van der Waals surface area contributed by atoms with Crippen molar-refractivity contribution in [1.29, 1.82) is 0 Å². The fourth-order valence-corrected chi connectivity index (χ4v) is 2.74. The van der Waals surface area contributed by atoms with Gasteiger partial charge in [-0.1, -0.05) is 26.2 Å².